The zero-order valence-corrected chi connectivity index (χ0v) is 20.8. The van der Waals surface area contributed by atoms with Crippen LogP contribution in [-0.2, 0) is 9.59 Å². The van der Waals surface area contributed by atoms with Gasteiger partial charge in [-0.2, -0.15) is 5.10 Å². The summed E-state index contributed by atoms with van der Waals surface area (Å²) < 4.78 is 7.47. The number of carbonyl (C=O) groups is 2. The first-order valence-corrected chi connectivity index (χ1v) is 13.0. The molecule has 2 amide bonds. The van der Waals surface area contributed by atoms with E-state index in [1.54, 1.807) is 13.3 Å². The molecule has 0 bridgehead atoms. The smallest absolute Gasteiger partial charge is 0.239 e. The van der Waals surface area contributed by atoms with Crippen molar-refractivity contribution in [1.29, 1.82) is 0 Å². The number of hydrogen-bond donors (Lipinski definition) is 2. The van der Waals surface area contributed by atoms with Gasteiger partial charge >= 0.3 is 0 Å². The Balaban J connectivity index is 1.41. The minimum atomic E-state index is -0.392. The Morgan fingerprint density at radius 3 is 2.80 bits per heavy atom. The zero-order valence-electron chi connectivity index (χ0n) is 20.8. The Hall–Kier alpha value is -2.87. The third-order valence-corrected chi connectivity index (χ3v) is 8.12. The summed E-state index contributed by atoms with van der Waals surface area (Å²) in [5.74, 6) is 1.63. The minimum Gasteiger partial charge on any atom is -0.497 e. The van der Waals surface area contributed by atoms with Gasteiger partial charge in [-0.1, -0.05) is 31.4 Å². The molecule has 2 aliphatic heterocycles. The van der Waals surface area contributed by atoms with Crippen molar-refractivity contribution in [2.75, 3.05) is 19.0 Å². The molecular formula is C27H37N5O3. The Kier molecular flexibility index (Phi) is 6.82. The molecule has 1 aliphatic carbocycles. The third kappa shape index (κ3) is 4.94. The number of hydrogen-bond acceptors (Lipinski definition) is 5. The maximum atomic E-state index is 13.4. The number of likely N-dealkylation sites (tertiary alicyclic amines) is 1. The van der Waals surface area contributed by atoms with E-state index in [4.69, 9.17) is 4.74 Å². The van der Waals surface area contributed by atoms with Gasteiger partial charge in [0.1, 0.15) is 11.6 Å². The van der Waals surface area contributed by atoms with Crippen molar-refractivity contribution in [2.24, 2.45) is 0 Å². The van der Waals surface area contributed by atoms with Crippen LogP contribution in [0, 0.1) is 0 Å². The molecule has 188 valence electrons. The van der Waals surface area contributed by atoms with Gasteiger partial charge in [0.2, 0.25) is 11.8 Å². The topological polar surface area (TPSA) is 88.5 Å². The molecule has 3 heterocycles. The first kappa shape index (κ1) is 23.9. The SMILES string of the molecule is COc1cccc([C@@H]2C[C@]3(C)NC(=O)CCCC[C@@H]3N2CC(=O)Nc2ccnn2C2CCCC2)c1. The quantitative estimate of drug-likeness (QED) is 0.648. The number of carbonyl (C=O) groups excluding carboxylic acids is 2. The highest BCUT2D eigenvalue weighted by atomic mass is 16.5. The van der Waals surface area contributed by atoms with E-state index in [1.165, 1.54) is 12.8 Å². The largest absolute Gasteiger partial charge is 0.497 e. The molecule has 0 spiro atoms. The van der Waals surface area contributed by atoms with Crippen molar-refractivity contribution in [3.05, 3.63) is 42.1 Å². The molecule has 0 unspecified atom stereocenters. The van der Waals surface area contributed by atoms with E-state index in [9.17, 15) is 9.59 Å². The Bertz CT molecular complexity index is 1060. The fourth-order valence-corrected chi connectivity index (χ4v) is 6.44. The molecule has 2 aromatic rings. The van der Waals surface area contributed by atoms with Gasteiger partial charge in [0.15, 0.2) is 0 Å². The van der Waals surface area contributed by atoms with E-state index in [2.05, 4.69) is 39.7 Å². The Morgan fingerprint density at radius 2 is 2.00 bits per heavy atom. The van der Waals surface area contributed by atoms with Crippen LogP contribution in [0.1, 0.15) is 82.4 Å². The molecule has 3 aliphatic rings. The summed E-state index contributed by atoms with van der Waals surface area (Å²) in [5.41, 5.74) is 0.715. The number of nitrogens with zero attached hydrogens (tertiary/aromatic N) is 3. The highest BCUT2D eigenvalue weighted by molar-refractivity contribution is 5.91. The van der Waals surface area contributed by atoms with Crippen LogP contribution >= 0.6 is 0 Å². The van der Waals surface area contributed by atoms with E-state index in [0.29, 0.717) is 12.5 Å². The number of nitrogens with one attached hydrogen (secondary N) is 2. The van der Waals surface area contributed by atoms with Crippen LogP contribution in [0.3, 0.4) is 0 Å². The molecule has 3 atom stereocenters. The number of benzene rings is 1. The van der Waals surface area contributed by atoms with Crippen molar-refractivity contribution >= 4 is 17.6 Å². The van der Waals surface area contributed by atoms with Crippen LogP contribution < -0.4 is 15.4 Å². The number of methoxy groups -OCH3 is 1. The second-order valence-electron chi connectivity index (χ2n) is 10.5. The predicted molar refractivity (Wildman–Crippen MR) is 134 cm³/mol. The summed E-state index contributed by atoms with van der Waals surface area (Å²) in [6.45, 7) is 2.40. The molecular weight excluding hydrogens is 442 g/mol. The fourth-order valence-electron chi connectivity index (χ4n) is 6.44. The van der Waals surface area contributed by atoms with E-state index in [1.807, 2.05) is 22.9 Å². The Morgan fingerprint density at radius 1 is 1.20 bits per heavy atom. The lowest BCUT2D eigenvalue weighted by Gasteiger charge is -2.38. The van der Waals surface area contributed by atoms with Gasteiger partial charge in [-0.15, -0.1) is 0 Å². The molecule has 2 N–H and O–H groups in total. The molecule has 1 aromatic heterocycles. The van der Waals surface area contributed by atoms with Gasteiger partial charge in [0.05, 0.1) is 31.4 Å². The standard InChI is InChI=1S/C27H37N5O3/c1-27-17-22(19-8-7-11-21(16-19)35-2)31(23(27)12-5-6-13-25(33)30-27)18-26(34)29-24-14-15-28-32(24)20-9-3-4-10-20/h7-8,11,14-16,20,22-23H,3-6,9-10,12-13,17-18H2,1-2H3,(H,29,34)(H,30,33)/t22-,23-,27-/m0/s1. The van der Waals surface area contributed by atoms with Crippen molar-refractivity contribution in [3.8, 4) is 5.75 Å². The molecule has 0 radical (unpaired) electrons. The average molecular weight is 480 g/mol. The van der Waals surface area contributed by atoms with E-state index >= 15 is 0 Å². The van der Waals surface area contributed by atoms with Gasteiger partial charge < -0.3 is 15.4 Å². The first-order chi connectivity index (χ1) is 17.0. The van der Waals surface area contributed by atoms with Crippen molar-refractivity contribution in [1.82, 2.24) is 20.0 Å². The number of ether oxygens (including phenoxy) is 1. The van der Waals surface area contributed by atoms with Crippen LogP contribution in [0.15, 0.2) is 36.5 Å². The van der Waals surface area contributed by atoms with Crippen LogP contribution in [0.4, 0.5) is 5.82 Å². The Labute approximate surface area is 207 Å². The lowest BCUT2D eigenvalue weighted by atomic mass is 9.85. The number of amides is 2. The number of rotatable bonds is 6. The van der Waals surface area contributed by atoms with Crippen LogP contribution in [0.5, 0.6) is 5.75 Å². The lowest BCUT2D eigenvalue weighted by Crippen LogP contribution is -2.56. The number of anilines is 1. The summed E-state index contributed by atoms with van der Waals surface area (Å²) in [7, 11) is 1.67. The molecule has 8 nitrogen and oxygen atoms in total. The predicted octanol–water partition coefficient (Wildman–Crippen LogP) is 4.21. The normalized spacial score (nSPS) is 27.7. The van der Waals surface area contributed by atoms with Crippen LogP contribution in [0.2, 0.25) is 0 Å². The lowest BCUT2D eigenvalue weighted by molar-refractivity contribution is -0.123. The first-order valence-electron chi connectivity index (χ1n) is 13.0. The van der Waals surface area contributed by atoms with Crippen LogP contribution in [0.25, 0.3) is 0 Å². The minimum absolute atomic E-state index is 0.00370. The summed E-state index contributed by atoms with van der Waals surface area (Å²) in [4.78, 5) is 28.3. The molecule has 5 rings (SSSR count). The number of aromatic nitrogens is 2. The van der Waals surface area contributed by atoms with E-state index in [0.717, 1.165) is 55.7 Å². The maximum Gasteiger partial charge on any atom is 0.239 e. The maximum absolute atomic E-state index is 13.4. The van der Waals surface area contributed by atoms with Crippen molar-refractivity contribution < 1.29 is 14.3 Å². The fraction of sp³-hybridized carbons (Fsp3) is 0.593. The molecule has 35 heavy (non-hydrogen) atoms. The van der Waals surface area contributed by atoms with Gasteiger partial charge in [-0.3, -0.25) is 14.5 Å². The summed E-state index contributed by atoms with van der Waals surface area (Å²) in [6.07, 6.45) is 10.5. The zero-order chi connectivity index (χ0) is 24.4. The molecule has 2 saturated heterocycles. The summed E-state index contributed by atoms with van der Waals surface area (Å²) in [6, 6.07) is 10.4. The monoisotopic (exact) mass is 479 g/mol. The second-order valence-corrected chi connectivity index (χ2v) is 10.5. The molecule has 8 heteroatoms. The van der Waals surface area contributed by atoms with E-state index < -0.39 is 5.54 Å². The molecule has 1 aromatic carbocycles. The second kappa shape index (κ2) is 10.0. The van der Waals surface area contributed by atoms with Gasteiger partial charge in [0.25, 0.3) is 0 Å². The molecule has 3 fully saturated rings. The van der Waals surface area contributed by atoms with Gasteiger partial charge in [-0.05, 0) is 56.7 Å². The van der Waals surface area contributed by atoms with Gasteiger partial charge in [-0.25, -0.2) is 4.68 Å². The highest BCUT2D eigenvalue weighted by Gasteiger charge is 2.51. The number of fused-ring (bicyclic) bond motifs is 1. The van der Waals surface area contributed by atoms with E-state index in [-0.39, 0.29) is 30.4 Å². The van der Waals surface area contributed by atoms with Crippen molar-refractivity contribution in [3.63, 3.8) is 0 Å². The average Bonchev–Trinajstić information content (AvgIpc) is 3.57. The highest BCUT2D eigenvalue weighted by Crippen LogP contribution is 2.45. The van der Waals surface area contributed by atoms with Gasteiger partial charge in [0, 0.05) is 24.6 Å². The van der Waals surface area contributed by atoms with Crippen LogP contribution in [-0.4, -0.2) is 51.7 Å². The third-order valence-electron chi connectivity index (χ3n) is 8.12. The summed E-state index contributed by atoms with van der Waals surface area (Å²) >= 11 is 0. The molecule has 1 saturated carbocycles. The summed E-state index contributed by atoms with van der Waals surface area (Å²) in [5, 5.41) is 11.0. The van der Waals surface area contributed by atoms with Crippen molar-refractivity contribution in [2.45, 2.75) is 88.4 Å².